The van der Waals surface area contributed by atoms with Crippen molar-refractivity contribution in [1.29, 1.82) is 0 Å². The highest BCUT2D eigenvalue weighted by atomic mass is 19.4. The van der Waals surface area contributed by atoms with E-state index in [0.29, 0.717) is 12.8 Å². The highest BCUT2D eigenvalue weighted by molar-refractivity contribution is 5.82. The van der Waals surface area contributed by atoms with Gasteiger partial charge in [-0.3, -0.25) is 4.79 Å². The van der Waals surface area contributed by atoms with Crippen molar-refractivity contribution in [2.75, 3.05) is 13.1 Å². The molecule has 1 saturated heterocycles. The summed E-state index contributed by atoms with van der Waals surface area (Å²) in [4.78, 5) is 11.9. The Bertz CT molecular complexity index is 204. The molecule has 3 nitrogen and oxygen atoms in total. The first-order valence-corrected chi connectivity index (χ1v) is 4.01. The summed E-state index contributed by atoms with van der Waals surface area (Å²) in [6, 6.07) is -0.754. The number of halogens is 3. The summed E-state index contributed by atoms with van der Waals surface area (Å²) in [5.74, 6) is -0.594. The first-order valence-electron chi connectivity index (χ1n) is 4.01. The Morgan fingerprint density at radius 1 is 1.54 bits per heavy atom. The van der Waals surface area contributed by atoms with Gasteiger partial charge in [-0.2, -0.15) is 13.2 Å². The Labute approximate surface area is 73.7 Å². The number of amides is 1. The smallest absolute Gasteiger partial charge is 0.332 e. The van der Waals surface area contributed by atoms with Crippen LogP contribution in [0, 0.1) is 0 Å². The molecule has 1 aliphatic heterocycles. The Kier molecular flexibility index (Phi) is 2.80. The number of hydrogen-bond acceptors (Lipinski definition) is 2. The van der Waals surface area contributed by atoms with Crippen molar-refractivity contribution in [2.24, 2.45) is 5.73 Å². The second kappa shape index (κ2) is 3.53. The fourth-order valence-electron chi connectivity index (χ4n) is 1.34. The van der Waals surface area contributed by atoms with Gasteiger partial charge in [-0.15, -0.1) is 0 Å². The first-order chi connectivity index (χ1) is 5.90. The molecule has 0 aromatic heterocycles. The van der Waals surface area contributed by atoms with Gasteiger partial charge >= 0.3 is 6.18 Å². The molecule has 1 fully saturated rings. The van der Waals surface area contributed by atoms with Crippen molar-refractivity contribution in [3.8, 4) is 0 Å². The minimum atomic E-state index is -4.33. The van der Waals surface area contributed by atoms with Gasteiger partial charge in [0.1, 0.15) is 6.54 Å². The topological polar surface area (TPSA) is 46.3 Å². The van der Waals surface area contributed by atoms with Gasteiger partial charge in [0.25, 0.3) is 0 Å². The number of likely N-dealkylation sites (tertiary alicyclic amines) is 1. The van der Waals surface area contributed by atoms with Gasteiger partial charge in [0, 0.05) is 6.54 Å². The molecule has 0 saturated carbocycles. The Hall–Kier alpha value is -0.780. The van der Waals surface area contributed by atoms with E-state index < -0.39 is 24.7 Å². The van der Waals surface area contributed by atoms with E-state index in [4.69, 9.17) is 5.73 Å². The van der Waals surface area contributed by atoms with E-state index in [2.05, 4.69) is 0 Å². The molecule has 1 amide bonds. The van der Waals surface area contributed by atoms with E-state index in [1.54, 1.807) is 0 Å². The summed E-state index contributed by atoms with van der Waals surface area (Å²) in [7, 11) is 0. The monoisotopic (exact) mass is 196 g/mol. The van der Waals surface area contributed by atoms with Crippen LogP contribution in [0.1, 0.15) is 12.8 Å². The van der Waals surface area contributed by atoms with Crippen LogP contribution in [-0.4, -0.2) is 36.1 Å². The third kappa shape index (κ3) is 2.87. The molecular weight excluding hydrogens is 185 g/mol. The average molecular weight is 196 g/mol. The zero-order valence-corrected chi connectivity index (χ0v) is 6.97. The van der Waals surface area contributed by atoms with Gasteiger partial charge in [0.05, 0.1) is 6.04 Å². The molecule has 76 valence electrons. The Balaban J connectivity index is 2.54. The predicted octanol–water partition coefficient (Wildman–Crippen LogP) is 0.498. The summed E-state index contributed by atoms with van der Waals surface area (Å²) in [5.41, 5.74) is 5.33. The zero-order valence-electron chi connectivity index (χ0n) is 6.97. The van der Waals surface area contributed by atoms with Crippen LogP contribution < -0.4 is 5.73 Å². The van der Waals surface area contributed by atoms with Crippen molar-refractivity contribution in [2.45, 2.75) is 25.1 Å². The molecule has 1 rings (SSSR count). The molecule has 1 atom stereocenters. The van der Waals surface area contributed by atoms with Crippen LogP contribution in [0.5, 0.6) is 0 Å². The molecule has 1 aliphatic rings. The maximum atomic E-state index is 11.9. The maximum Gasteiger partial charge on any atom is 0.406 e. The summed E-state index contributed by atoms with van der Waals surface area (Å²) in [6.07, 6.45) is -3.30. The second-order valence-corrected chi connectivity index (χ2v) is 3.12. The third-order valence-electron chi connectivity index (χ3n) is 1.94. The lowest BCUT2D eigenvalue weighted by Crippen LogP contribution is -2.51. The van der Waals surface area contributed by atoms with Crippen molar-refractivity contribution >= 4 is 5.91 Å². The molecule has 13 heavy (non-hydrogen) atoms. The van der Waals surface area contributed by atoms with Crippen LogP contribution in [0.25, 0.3) is 0 Å². The summed E-state index contributed by atoms with van der Waals surface area (Å²) < 4.78 is 35.7. The van der Waals surface area contributed by atoms with Crippen molar-refractivity contribution in [3.63, 3.8) is 0 Å². The van der Waals surface area contributed by atoms with Gasteiger partial charge in [-0.25, -0.2) is 0 Å². The molecule has 0 spiro atoms. The number of alkyl halides is 3. The average Bonchev–Trinajstić information content (AvgIpc) is 1.96. The number of carbonyl (C=O) groups excluding carboxylic acids is 1. The standard InChI is InChI=1S/C7H11F3N2O/c8-7(9,10)4-12-3-1-2-5(11)6(12)13/h5H,1-4,11H2/t5-/m1/s1. The third-order valence-corrected chi connectivity index (χ3v) is 1.94. The Morgan fingerprint density at radius 3 is 2.69 bits per heavy atom. The van der Waals surface area contributed by atoms with E-state index >= 15 is 0 Å². The number of nitrogens with zero attached hydrogens (tertiary/aromatic N) is 1. The second-order valence-electron chi connectivity index (χ2n) is 3.12. The number of carbonyl (C=O) groups is 1. The molecule has 0 aliphatic carbocycles. The number of rotatable bonds is 1. The van der Waals surface area contributed by atoms with Crippen LogP contribution in [0.15, 0.2) is 0 Å². The lowest BCUT2D eigenvalue weighted by Gasteiger charge is -2.30. The van der Waals surface area contributed by atoms with E-state index in [0.717, 1.165) is 4.90 Å². The van der Waals surface area contributed by atoms with Crippen LogP contribution in [0.4, 0.5) is 13.2 Å². The number of piperidine rings is 1. The van der Waals surface area contributed by atoms with E-state index in [9.17, 15) is 18.0 Å². The molecule has 0 aromatic rings. The lowest BCUT2D eigenvalue weighted by atomic mass is 10.1. The van der Waals surface area contributed by atoms with Gasteiger partial charge in [0.15, 0.2) is 0 Å². The van der Waals surface area contributed by atoms with Gasteiger partial charge in [-0.1, -0.05) is 0 Å². The molecule has 0 bridgehead atoms. The SMILES string of the molecule is N[C@@H]1CCCN(CC(F)(F)F)C1=O. The largest absolute Gasteiger partial charge is 0.406 e. The molecule has 2 N–H and O–H groups in total. The first kappa shape index (κ1) is 10.3. The predicted molar refractivity (Wildman–Crippen MR) is 39.8 cm³/mol. The van der Waals surface area contributed by atoms with Crippen LogP contribution in [0.2, 0.25) is 0 Å². The van der Waals surface area contributed by atoms with Crippen molar-refractivity contribution in [1.82, 2.24) is 4.90 Å². The summed E-state index contributed by atoms with van der Waals surface area (Å²) in [6.45, 7) is -1.02. The molecule has 0 aromatic carbocycles. The number of hydrogen-bond donors (Lipinski definition) is 1. The zero-order chi connectivity index (χ0) is 10.1. The molecule has 6 heteroatoms. The van der Waals surface area contributed by atoms with E-state index in [-0.39, 0.29) is 6.54 Å². The van der Waals surface area contributed by atoms with Crippen molar-refractivity contribution in [3.05, 3.63) is 0 Å². The van der Waals surface area contributed by atoms with Crippen LogP contribution in [-0.2, 0) is 4.79 Å². The molecule has 0 radical (unpaired) electrons. The summed E-state index contributed by atoms with van der Waals surface area (Å²) in [5, 5.41) is 0. The van der Waals surface area contributed by atoms with Gasteiger partial charge < -0.3 is 10.6 Å². The van der Waals surface area contributed by atoms with E-state index in [1.165, 1.54) is 0 Å². The van der Waals surface area contributed by atoms with Crippen molar-refractivity contribution < 1.29 is 18.0 Å². The van der Waals surface area contributed by atoms with Crippen LogP contribution in [0.3, 0.4) is 0 Å². The van der Waals surface area contributed by atoms with Gasteiger partial charge in [0.2, 0.25) is 5.91 Å². The quantitative estimate of drug-likeness (QED) is 0.663. The maximum absolute atomic E-state index is 11.9. The summed E-state index contributed by atoms with van der Waals surface area (Å²) >= 11 is 0. The molecule has 1 heterocycles. The minimum absolute atomic E-state index is 0.159. The fraction of sp³-hybridized carbons (Fsp3) is 0.857. The molecular formula is C7H11F3N2O. The molecule has 0 unspecified atom stereocenters. The normalized spacial score (nSPS) is 25.1. The lowest BCUT2D eigenvalue weighted by molar-refractivity contribution is -0.164. The minimum Gasteiger partial charge on any atom is -0.332 e. The fourth-order valence-corrected chi connectivity index (χ4v) is 1.34. The van der Waals surface area contributed by atoms with E-state index in [1.807, 2.05) is 0 Å². The highest BCUT2D eigenvalue weighted by Gasteiger charge is 2.35. The Morgan fingerprint density at radius 2 is 2.15 bits per heavy atom. The highest BCUT2D eigenvalue weighted by Crippen LogP contribution is 2.19. The van der Waals surface area contributed by atoms with Crippen LogP contribution >= 0.6 is 0 Å². The van der Waals surface area contributed by atoms with Gasteiger partial charge in [-0.05, 0) is 12.8 Å². The number of nitrogens with two attached hydrogens (primary N) is 1.